The summed E-state index contributed by atoms with van der Waals surface area (Å²) in [4.78, 5) is 4.50. The Hall–Kier alpha value is -0.410. The van der Waals surface area contributed by atoms with Crippen LogP contribution in [0.25, 0.3) is 0 Å². The minimum absolute atomic E-state index is 0.224. The molecule has 0 saturated heterocycles. The Balaban J connectivity index is 1.68. The van der Waals surface area contributed by atoms with E-state index >= 15 is 0 Å². The van der Waals surface area contributed by atoms with E-state index in [1.165, 1.54) is 31.4 Å². The molecule has 2 nitrogen and oxygen atoms in total. The lowest BCUT2D eigenvalue weighted by Gasteiger charge is -2.34. The zero-order valence-corrected chi connectivity index (χ0v) is 12.5. The van der Waals surface area contributed by atoms with Crippen LogP contribution in [0.2, 0.25) is 0 Å². The first-order valence-corrected chi connectivity index (χ1v) is 8.02. The van der Waals surface area contributed by atoms with E-state index in [1.54, 1.807) is 11.3 Å². The minimum atomic E-state index is 0.224. The molecule has 2 unspecified atom stereocenters. The predicted molar refractivity (Wildman–Crippen MR) is 76.8 cm³/mol. The van der Waals surface area contributed by atoms with Gasteiger partial charge in [-0.2, -0.15) is 0 Å². The number of rotatable bonds is 4. The van der Waals surface area contributed by atoms with E-state index in [-0.39, 0.29) is 5.54 Å². The summed E-state index contributed by atoms with van der Waals surface area (Å²) in [6.07, 6.45) is 5.50. The second-order valence-electron chi connectivity index (χ2n) is 7.42. The van der Waals surface area contributed by atoms with Gasteiger partial charge in [0.25, 0.3) is 0 Å². The number of hydrogen-bond acceptors (Lipinski definition) is 3. The van der Waals surface area contributed by atoms with Crippen molar-refractivity contribution in [2.75, 3.05) is 6.54 Å². The van der Waals surface area contributed by atoms with Crippen molar-refractivity contribution in [3.8, 4) is 0 Å². The molecule has 0 aliphatic heterocycles. The molecular formula is C15H24N2S. The van der Waals surface area contributed by atoms with Gasteiger partial charge in [-0.1, -0.05) is 0 Å². The van der Waals surface area contributed by atoms with Crippen LogP contribution in [-0.4, -0.2) is 17.1 Å². The molecule has 18 heavy (non-hydrogen) atoms. The van der Waals surface area contributed by atoms with Crippen LogP contribution >= 0.6 is 11.3 Å². The van der Waals surface area contributed by atoms with Gasteiger partial charge in [-0.3, -0.25) is 0 Å². The van der Waals surface area contributed by atoms with Gasteiger partial charge in [-0.05, 0) is 63.7 Å². The first-order valence-electron chi connectivity index (χ1n) is 7.08. The van der Waals surface area contributed by atoms with E-state index in [4.69, 9.17) is 0 Å². The Labute approximate surface area is 114 Å². The van der Waals surface area contributed by atoms with Gasteiger partial charge in [0.2, 0.25) is 0 Å². The first kappa shape index (κ1) is 12.6. The molecule has 2 aliphatic rings. The van der Waals surface area contributed by atoms with Crippen LogP contribution in [0, 0.1) is 17.3 Å². The summed E-state index contributed by atoms with van der Waals surface area (Å²) in [5.74, 6) is 2.07. The highest BCUT2D eigenvalue weighted by Gasteiger charge is 2.53. The van der Waals surface area contributed by atoms with Crippen molar-refractivity contribution in [3.63, 3.8) is 0 Å². The lowest BCUT2D eigenvalue weighted by Crippen LogP contribution is -2.44. The summed E-state index contributed by atoms with van der Waals surface area (Å²) in [5.41, 5.74) is 3.98. The number of hydrogen-bond donors (Lipinski definition) is 1. The standard InChI is InChI=1S/C15H24N2S/c1-14(2,3)17-9-15(5-11-4-12(11)6-15)7-13-8-18-10-16-13/h8,10-12,17H,4-7,9H2,1-3H3. The number of nitrogens with one attached hydrogen (secondary N) is 1. The molecule has 1 aromatic rings. The molecule has 0 spiro atoms. The normalized spacial score (nSPS) is 34.6. The molecule has 2 saturated carbocycles. The molecule has 0 aromatic carbocycles. The van der Waals surface area contributed by atoms with Crippen LogP contribution in [0.4, 0.5) is 0 Å². The number of thiazole rings is 1. The van der Waals surface area contributed by atoms with Gasteiger partial charge in [0.05, 0.1) is 11.2 Å². The largest absolute Gasteiger partial charge is 0.312 e. The third kappa shape index (κ3) is 2.77. The maximum absolute atomic E-state index is 4.50. The fraction of sp³-hybridized carbons (Fsp3) is 0.800. The molecule has 0 radical (unpaired) electrons. The van der Waals surface area contributed by atoms with Crippen LogP contribution in [0.15, 0.2) is 10.9 Å². The van der Waals surface area contributed by atoms with Crippen LogP contribution in [0.1, 0.15) is 45.7 Å². The van der Waals surface area contributed by atoms with Crippen molar-refractivity contribution in [1.82, 2.24) is 10.3 Å². The third-order valence-corrected chi connectivity index (χ3v) is 5.13. The minimum Gasteiger partial charge on any atom is -0.312 e. The fourth-order valence-corrected chi connectivity index (χ4v) is 4.08. The lowest BCUT2D eigenvalue weighted by molar-refractivity contribution is 0.220. The summed E-state index contributed by atoms with van der Waals surface area (Å²) >= 11 is 1.73. The average Bonchev–Trinajstić information content (AvgIpc) is 2.73. The SMILES string of the molecule is CC(C)(C)NCC1(Cc2cscn2)CC2CC2C1. The molecule has 1 heterocycles. The second kappa shape index (κ2) is 4.31. The molecular weight excluding hydrogens is 240 g/mol. The van der Waals surface area contributed by atoms with E-state index in [2.05, 4.69) is 36.5 Å². The van der Waals surface area contributed by atoms with Gasteiger partial charge in [0.1, 0.15) is 0 Å². The Kier molecular flexibility index (Phi) is 3.02. The highest BCUT2D eigenvalue weighted by Crippen LogP contribution is 2.60. The van der Waals surface area contributed by atoms with Crippen LogP contribution in [0.3, 0.4) is 0 Å². The van der Waals surface area contributed by atoms with E-state index in [9.17, 15) is 0 Å². The number of aromatic nitrogens is 1. The van der Waals surface area contributed by atoms with Crippen molar-refractivity contribution in [3.05, 3.63) is 16.6 Å². The first-order chi connectivity index (χ1) is 8.46. The molecule has 0 amide bonds. The summed E-state index contributed by atoms with van der Waals surface area (Å²) in [5, 5.41) is 5.96. The Morgan fingerprint density at radius 3 is 2.67 bits per heavy atom. The van der Waals surface area contributed by atoms with E-state index in [0.29, 0.717) is 5.41 Å². The smallest absolute Gasteiger partial charge is 0.0794 e. The molecule has 3 rings (SSSR count). The third-order valence-electron chi connectivity index (χ3n) is 4.49. The molecule has 2 fully saturated rings. The van der Waals surface area contributed by atoms with E-state index in [1.807, 2.05) is 5.51 Å². The van der Waals surface area contributed by atoms with Gasteiger partial charge in [0, 0.05) is 17.5 Å². The maximum Gasteiger partial charge on any atom is 0.0794 e. The van der Waals surface area contributed by atoms with Crippen molar-refractivity contribution in [2.24, 2.45) is 17.3 Å². The second-order valence-corrected chi connectivity index (χ2v) is 8.14. The zero-order valence-electron chi connectivity index (χ0n) is 11.7. The summed E-state index contributed by atoms with van der Waals surface area (Å²) in [6, 6.07) is 0. The van der Waals surface area contributed by atoms with Gasteiger partial charge >= 0.3 is 0 Å². The monoisotopic (exact) mass is 264 g/mol. The summed E-state index contributed by atoms with van der Waals surface area (Å²) in [6.45, 7) is 7.94. The van der Waals surface area contributed by atoms with Gasteiger partial charge in [-0.25, -0.2) is 4.98 Å². The van der Waals surface area contributed by atoms with Gasteiger partial charge in [-0.15, -0.1) is 11.3 Å². The van der Waals surface area contributed by atoms with Crippen molar-refractivity contribution >= 4 is 11.3 Å². The predicted octanol–water partition coefficient (Wildman–Crippen LogP) is 3.49. The molecule has 1 aromatic heterocycles. The van der Waals surface area contributed by atoms with Crippen LogP contribution < -0.4 is 5.32 Å². The number of fused-ring (bicyclic) bond motifs is 1. The van der Waals surface area contributed by atoms with Gasteiger partial charge in [0.15, 0.2) is 0 Å². The average molecular weight is 264 g/mol. The number of nitrogens with zero attached hydrogens (tertiary/aromatic N) is 1. The topological polar surface area (TPSA) is 24.9 Å². The molecule has 2 aliphatic carbocycles. The lowest BCUT2D eigenvalue weighted by atomic mass is 9.78. The Morgan fingerprint density at radius 2 is 2.11 bits per heavy atom. The fourth-order valence-electron chi connectivity index (χ4n) is 3.52. The van der Waals surface area contributed by atoms with Crippen LogP contribution in [0.5, 0.6) is 0 Å². The van der Waals surface area contributed by atoms with Crippen LogP contribution in [-0.2, 0) is 6.42 Å². The Bertz CT molecular complexity index is 395. The summed E-state index contributed by atoms with van der Waals surface area (Å²) in [7, 11) is 0. The zero-order chi connectivity index (χ0) is 12.8. The quantitative estimate of drug-likeness (QED) is 0.900. The molecule has 1 N–H and O–H groups in total. The van der Waals surface area contributed by atoms with E-state index in [0.717, 1.165) is 18.4 Å². The summed E-state index contributed by atoms with van der Waals surface area (Å²) < 4.78 is 0. The highest BCUT2D eigenvalue weighted by molar-refractivity contribution is 7.07. The maximum atomic E-state index is 4.50. The highest BCUT2D eigenvalue weighted by atomic mass is 32.1. The van der Waals surface area contributed by atoms with Crippen molar-refractivity contribution in [2.45, 2.75) is 52.0 Å². The molecule has 100 valence electrons. The molecule has 3 heteroatoms. The van der Waals surface area contributed by atoms with Crippen molar-refractivity contribution in [1.29, 1.82) is 0 Å². The Morgan fingerprint density at radius 1 is 1.39 bits per heavy atom. The van der Waals surface area contributed by atoms with E-state index < -0.39 is 0 Å². The van der Waals surface area contributed by atoms with Gasteiger partial charge < -0.3 is 5.32 Å². The molecule has 0 bridgehead atoms. The van der Waals surface area contributed by atoms with Crippen molar-refractivity contribution < 1.29 is 0 Å². The molecule has 2 atom stereocenters.